The lowest BCUT2D eigenvalue weighted by Gasteiger charge is -2.33. The number of halogens is 1. The molecule has 0 bridgehead atoms. The Labute approximate surface area is 217 Å². The number of amides is 2. The Morgan fingerprint density at radius 3 is 2.37 bits per heavy atom. The molecule has 0 saturated heterocycles. The first kappa shape index (κ1) is 27.2. The van der Waals surface area contributed by atoms with E-state index in [1.165, 1.54) is 0 Å². The van der Waals surface area contributed by atoms with Gasteiger partial charge in [-0.15, -0.1) is 0 Å². The molecule has 35 heavy (non-hydrogen) atoms. The predicted molar refractivity (Wildman–Crippen MR) is 143 cm³/mol. The van der Waals surface area contributed by atoms with Gasteiger partial charge in [0.15, 0.2) is 0 Å². The molecule has 0 radical (unpaired) electrons. The molecule has 1 aliphatic rings. The van der Waals surface area contributed by atoms with Crippen LogP contribution in [0.15, 0.2) is 59.1 Å². The van der Waals surface area contributed by atoms with Gasteiger partial charge in [0.1, 0.15) is 12.6 Å². The zero-order chi connectivity index (χ0) is 25.4. The van der Waals surface area contributed by atoms with Crippen LogP contribution in [0.2, 0.25) is 0 Å². The minimum Gasteiger partial charge on any atom is -0.352 e. The van der Waals surface area contributed by atoms with Crippen molar-refractivity contribution in [3.63, 3.8) is 0 Å². The van der Waals surface area contributed by atoms with Crippen molar-refractivity contribution in [2.75, 3.05) is 23.7 Å². The van der Waals surface area contributed by atoms with E-state index in [4.69, 9.17) is 0 Å². The van der Waals surface area contributed by atoms with Gasteiger partial charge in [0, 0.05) is 17.1 Å². The third-order valence-corrected chi connectivity index (χ3v) is 7.98. The van der Waals surface area contributed by atoms with Crippen molar-refractivity contribution in [1.82, 2.24) is 10.2 Å². The molecule has 7 nitrogen and oxygen atoms in total. The Morgan fingerprint density at radius 1 is 1.09 bits per heavy atom. The lowest BCUT2D eigenvalue weighted by molar-refractivity contribution is -0.139. The maximum atomic E-state index is 13.6. The summed E-state index contributed by atoms with van der Waals surface area (Å²) in [4.78, 5) is 28.4. The first-order chi connectivity index (χ1) is 16.7. The van der Waals surface area contributed by atoms with Gasteiger partial charge in [-0.25, -0.2) is 8.42 Å². The zero-order valence-electron chi connectivity index (χ0n) is 20.3. The number of nitrogens with zero attached hydrogens (tertiary/aromatic N) is 2. The summed E-state index contributed by atoms with van der Waals surface area (Å²) in [5.41, 5.74) is 1.44. The van der Waals surface area contributed by atoms with Gasteiger partial charge in [-0.05, 0) is 49.4 Å². The number of sulfonamides is 1. The van der Waals surface area contributed by atoms with E-state index in [2.05, 4.69) is 21.2 Å². The van der Waals surface area contributed by atoms with Gasteiger partial charge in [-0.3, -0.25) is 13.9 Å². The van der Waals surface area contributed by atoms with Crippen LogP contribution in [0.5, 0.6) is 0 Å². The molecule has 3 rings (SSSR count). The molecule has 0 spiro atoms. The molecular formula is C26H34BrN3O4S. The summed E-state index contributed by atoms with van der Waals surface area (Å²) >= 11 is 3.37. The number of carbonyl (C=O) groups is 2. The van der Waals surface area contributed by atoms with Crippen LogP contribution in [0.3, 0.4) is 0 Å². The standard InChI is InChI=1S/C26H34BrN3O4S/c1-3-24(26(32)28-22-13-7-8-14-22)29(17-16-20-10-5-4-6-11-20)25(31)19-30(35(2,33)34)23-15-9-12-21(27)18-23/h4-6,9-12,15,18,22,24H,3,7-8,13-14,16-17,19H2,1-2H3,(H,28,32)/t24-/m1/s1. The normalized spacial score (nSPS) is 14.9. The van der Waals surface area contributed by atoms with Crippen LogP contribution in [-0.2, 0) is 26.0 Å². The molecule has 0 heterocycles. The van der Waals surface area contributed by atoms with Crippen molar-refractivity contribution in [2.24, 2.45) is 0 Å². The summed E-state index contributed by atoms with van der Waals surface area (Å²) in [5, 5.41) is 3.12. The summed E-state index contributed by atoms with van der Waals surface area (Å²) in [6, 6.07) is 16.0. The quantitative estimate of drug-likeness (QED) is 0.445. The second-order valence-electron chi connectivity index (χ2n) is 8.99. The molecule has 1 atom stereocenters. The summed E-state index contributed by atoms with van der Waals surface area (Å²) in [6.45, 7) is 1.82. The molecule has 2 aromatic carbocycles. The average Bonchev–Trinajstić information content (AvgIpc) is 3.32. The number of hydrogen-bond donors (Lipinski definition) is 1. The minimum absolute atomic E-state index is 0.136. The van der Waals surface area contributed by atoms with E-state index in [9.17, 15) is 18.0 Å². The molecule has 0 aromatic heterocycles. The van der Waals surface area contributed by atoms with E-state index >= 15 is 0 Å². The number of rotatable bonds is 11. The second kappa shape index (κ2) is 12.5. The first-order valence-corrected chi connectivity index (χ1v) is 14.7. The number of nitrogens with one attached hydrogen (secondary N) is 1. The van der Waals surface area contributed by atoms with E-state index in [-0.39, 0.29) is 18.5 Å². The molecule has 9 heteroatoms. The topological polar surface area (TPSA) is 86.8 Å². The van der Waals surface area contributed by atoms with Gasteiger partial charge >= 0.3 is 0 Å². The van der Waals surface area contributed by atoms with Crippen LogP contribution in [-0.4, -0.2) is 56.6 Å². The van der Waals surface area contributed by atoms with Crippen molar-refractivity contribution >= 4 is 43.5 Å². The van der Waals surface area contributed by atoms with Crippen molar-refractivity contribution in [3.05, 3.63) is 64.6 Å². The molecule has 1 N–H and O–H groups in total. The zero-order valence-corrected chi connectivity index (χ0v) is 22.7. The van der Waals surface area contributed by atoms with E-state index in [0.29, 0.717) is 29.5 Å². The molecule has 0 unspecified atom stereocenters. The highest BCUT2D eigenvalue weighted by Crippen LogP contribution is 2.23. The second-order valence-corrected chi connectivity index (χ2v) is 11.8. The Kier molecular flexibility index (Phi) is 9.74. The van der Waals surface area contributed by atoms with Crippen molar-refractivity contribution in [3.8, 4) is 0 Å². The Bertz CT molecular complexity index is 1100. The SMILES string of the molecule is CC[C@H](C(=O)NC1CCCC1)N(CCc1ccccc1)C(=O)CN(c1cccc(Br)c1)S(C)(=O)=O. The van der Waals surface area contributed by atoms with Crippen LogP contribution >= 0.6 is 15.9 Å². The fraction of sp³-hybridized carbons (Fsp3) is 0.462. The van der Waals surface area contributed by atoms with Crippen LogP contribution in [0, 0.1) is 0 Å². The lowest BCUT2D eigenvalue weighted by atomic mass is 10.1. The largest absolute Gasteiger partial charge is 0.352 e. The maximum absolute atomic E-state index is 13.6. The van der Waals surface area contributed by atoms with Crippen LogP contribution in [0.4, 0.5) is 5.69 Å². The fourth-order valence-electron chi connectivity index (χ4n) is 4.51. The Morgan fingerprint density at radius 2 is 1.77 bits per heavy atom. The van der Waals surface area contributed by atoms with E-state index in [1.807, 2.05) is 37.3 Å². The van der Waals surface area contributed by atoms with Crippen LogP contribution in [0.25, 0.3) is 0 Å². The molecule has 190 valence electrons. The molecule has 2 amide bonds. The highest BCUT2D eigenvalue weighted by Gasteiger charge is 2.32. The number of carbonyl (C=O) groups excluding carboxylic acids is 2. The van der Waals surface area contributed by atoms with E-state index in [0.717, 1.165) is 41.8 Å². The van der Waals surface area contributed by atoms with Crippen LogP contribution < -0.4 is 9.62 Å². The highest BCUT2D eigenvalue weighted by molar-refractivity contribution is 9.10. The molecule has 1 saturated carbocycles. The first-order valence-electron chi connectivity index (χ1n) is 12.1. The van der Waals surface area contributed by atoms with Crippen LogP contribution in [0.1, 0.15) is 44.6 Å². The third-order valence-electron chi connectivity index (χ3n) is 6.35. The fourth-order valence-corrected chi connectivity index (χ4v) is 5.74. The van der Waals surface area contributed by atoms with Gasteiger partial charge in [-0.1, -0.05) is 72.1 Å². The molecular weight excluding hydrogens is 530 g/mol. The van der Waals surface area contributed by atoms with Gasteiger partial charge in [-0.2, -0.15) is 0 Å². The number of benzene rings is 2. The Balaban J connectivity index is 1.86. The molecule has 0 aliphatic heterocycles. The number of anilines is 1. The van der Waals surface area contributed by atoms with E-state index in [1.54, 1.807) is 29.2 Å². The monoisotopic (exact) mass is 563 g/mol. The minimum atomic E-state index is -3.74. The predicted octanol–water partition coefficient (Wildman–Crippen LogP) is 4.12. The summed E-state index contributed by atoms with van der Waals surface area (Å²) in [6.07, 6.45) is 6.17. The van der Waals surface area contributed by atoms with Crippen molar-refractivity contribution < 1.29 is 18.0 Å². The van der Waals surface area contributed by atoms with Crippen molar-refractivity contribution in [1.29, 1.82) is 0 Å². The summed E-state index contributed by atoms with van der Waals surface area (Å²) in [7, 11) is -3.74. The van der Waals surface area contributed by atoms with E-state index < -0.39 is 22.0 Å². The molecule has 1 fully saturated rings. The van der Waals surface area contributed by atoms with Gasteiger partial charge in [0.2, 0.25) is 21.8 Å². The average molecular weight is 565 g/mol. The third kappa shape index (κ3) is 7.80. The smallest absolute Gasteiger partial charge is 0.244 e. The maximum Gasteiger partial charge on any atom is 0.244 e. The van der Waals surface area contributed by atoms with Gasteiger partial charge in [0.25, 0.3) is 0 Å². The summed E-state index contributed by atoms with van der Waals surface area (Å²) in [5.74, 6) is -0.575. The Hall–Kier alpha value is -2.39. The molecule has 2 aromatic rings. The molecule has 1 aliphatic carbocycles. The number of hydrogen-bond acceptors (Lipinski definition) is 4. The summed E-state index contributed by atoms with van der Waals surface area (Å²) < 4.78 is 27.1. The lowest BCUT2D eigenvalue weighted by Crippen LogP contribution is -2.54. The van der Waals surface area contributed by atoms with Gasteiger partial charge < -0.3 is 10.2 Å². The van der Waals surface area contributed by atoms with Gasteiger partial charge in [0.05, 0.1) is 11.9 Å². The van der Waals surface area contributed by atoms with Crippen molar-refractivity contribution in [2.45, 2.75) is 57.5 Å². The highest BCUT2D eigenvalue weighted by atomic mass is 79.9.